The molecule has 0 rings (SSSR count). The van der Waals surface area contributed by atoms with Crippen LogP contribution in [0.5, 0.6) is 0 Å². The first-order chi connectivity index (χ1) is 24.8. The summed E-state index contributed by atoms with van der Waals surface area (Å²) >= 11 is 0. The van der Waals surface area contributed by atoms with Gasteiger partial charge < -0.3 is 20.1 Å². The summed E-state index contributed by atoms with van der Waals surface area (Å²) in [6.07, 6.45) is 39.1. The number of unbranched alkanes of at least 4 members (excludes halogenated alkanes) is 22. The van der Waals surface area contributed by atoms with Crippen molar-refractivity contribution in [2.75, 3.05) is 26.4 Å². The molecular weight excluding hydrogens is 665 g/mol. The van der Waals surface area contributed by atoms with E-state index >= 15 is 0 Å². The molecule has 1 unspecified atom stereocenters. The van der Waals surface area contributed by atoms with Gasteiger partial charge in [0.05, 0.1) is 13.2 Å². The van der Waals surface area contributed by atoms with Crippen molar-refractivity contribution in [3.63, 3.8) is 0 Å². The molecule has 300 valence electrons. The lowest BCUT2D eigenvalue weighted by molar-refractivity contribution is -0.161. The summed E-state index contributed by atoms with van der Waals surface area (Å²) in [7, 11) is -4.37. The number of carbonyl (C=O) groups is 2. The second-order valence-electron chi connectivity index (χ2n) is 13.9. The van der Waals surface area contributed by atoms with Crippen molar-refractivity contribution in [2.45, 2.75) is 200 Å². The van der Waals surface area contributed by atoms with Gasteiger partial charge in [-0.15, -0.1) is 0 Å². The van der Waals surface area contributed by atoms with E-state index in [2.05, 4.69) is 38.2 Å². The number of esters is 2. The van der Waals surface area contributed by atoms with E-state index in [0.717, 1.165) is 51.4 Å². The third-order valence-corrected chi connectivity index (χ3v) is 9.82. The van der Waals surface area contributed by atoms with Crippen LogP contribution in [-0.4, -0.2) is 49.3 Å². The fourth-order valence-electron chi connectivity index (χ4n) is 5.72. The fraction of sp³-hybridized carbons (Fsp3) is 0.854. The van der Waals surface area contributed by atoms with E-state index in [1.54, 1.807) is 0 Å². The summed E-state index contributed by atoms with van der Waals surface area (Å²) in [5.74, 6) is -0.832. The van der Waals surface area contributed by atoms with Gasteiger partial charge in [-0.05, 0) is 44.9 Å². The smallest absolute Gasteiger partial charge is 0.462 e. The summed E-state index contributed by atoms with van der Waals surface area (Å²) in [4.78, 5) is 34.8. The maximum Gasteiger partial charge on any atom is 0.472 e. The van der Waals surface area contributed by atoms with Crippen molar-refractivity contribution in [1.29, 1.82) is 0 Å². The second-order valence-corrected chi connectivity index (χ2v) is 15.3. The summed E-state index contributed by atoms with van der Waals surface area (Å²) in [5.41, 5.74) is 5.34. The predicted octanol–water partition coefficient (Wildman–Crippen LogP) is 11.6. The molecule has 0 fully saturated rings. The average molecular weight is 744 g/mol. The van der Waals surface area contributed by atoms with Crippen LogP contribution in [0.25, 0.3) is 0 Å². The maximum atomic E-state index is 12.6. The molecule has 0 aliphatic carbocycles. The normalized spacial score (nSPS) is 13.6. The van der Waals surface area contributed by atoms with E-state index in [4.69, 9.17) is 24.3 Å². The largest absolute Gasteiger partial charge is 0.472 e. The van der Waals surface area contributed by atoms with Crippen LogP contribution >= 0.6 is 7.82 Å². The van der Waals surface area contributed by atoms with Gasteiger partial charge in [0, 0.05) is 19.4 Å². The lowest BCUT2D eigenvalue weighted by atomic mass is 10.0. The number of phosphoric acid groups is 1. The Morgan fingerprint density at radius 2 is 1.02 bits per heavy atom. The summed E-state index contributed by atoms with van der Waals surface area (Å²) < 4.78 is 32.7. The van der Waals surface area contributed by atoms with Gasteiger partial charge in [0.1, 0.15) is 6.61 Å². The average Bonchev–Trinajstić information content (AvgIpc) is 3.11. The fourth-order valence-corrected chi connectivity index (χ4v) is 6.49. The first-order valence-electron chi connectivity index (χ1n) is 20.8. The molecule has 3 N–H and O–H groups in total. The molecule has 0 bridgehead atoms. The van der Waals surface area contributed by atoms with Gasteiger partial charge in [0.2, 0.25) is 0 Å². The second kappa shape index (κ2) is 38.2. The molecular formula is C41H78NO8P. The van der Waals surface area contributed by atoms with Crippen LogP contribution in [0, 0.1) is 0 Å². The van der Waals surface area contributed by atoms with Crippen molar-refractivity contribution in [3.05, 3.63) is 24.3 Å². The lowest BCUT2D eigenvalue weighted by Crippen LogP contribution is -2.29. The Labute approximate surface area is 312 Å². The molecule has 2 atom stereocenters. The molecule has 0 heterocycles. The highest BCUT2D eigenvalue weighted by atomic mass is 31.2. The van der Waals surface area contributed by atoms with Gasteiger partial charge in [-0.1, -0.05) is 160 Å². The Balaban J connectivity index is 4.17. The van der Waals surface area contributed by atoms with E-state index in [9.17, 15) is 19.0 Å². The van der Waals surface area contributed by atoms with Crippen molar-refractivity contribution in [1.82, 2.24) is 0 Å². The summed E-state index contributed by atoms with van der Waals surface area (Å²) in [6.45, 7) is 3.70. The van der Waals surface area contributed by atoms with Crippen LogP contribution in [0.15, 0.2) is 24.3 Å². The first kappa shape index (κ1) is 49.5. The molecule has 0 spiro atoms. The predicted molar refractivity (Wildman–Crippen MR) is 211 cm³/mol. The minimum atomic E-state index is -4.37. The Morgan fingerprint density at radius 3 is 1.53 bits per heavy atom. The molecule has 9 nitrogen and oxygen atoms in total. The number of hydrogen-bond donors (Lipinski definition) is 2. The molecule has 0 amide bonds. The molecule has 10 heteroatoms. The molecule has 51 heavy (non-hydrogen) atoms. The minimum absolute atomic E-state index is 0.0534. The van der Waals surface area contributed by atoms with Crippen molar-refractivity contribution in [3.8, 4) is 0 Å². The monoisotopic (exact) mass is 744 g/mol. The van der Waals surface area contributed by atoms with Crippen LogP contribution in [0.1, 0.15) is 194 Å². The SMILES string of the molecule is CCCCC/C=C\C/C=C\CCCCCCCCCC(=O)O[C@H](COC(=O)CCCCCCCCCCCCCCC)COP(=O)(O)OCCN. The summed E-state index contributed by atoms with van der Waals surface area (Å²) in [6, 6.07) is 0. The Bertz CT molecular complexity index is 897. The van der Waals surface area contributed by atoms with Crippen molar-refractivity contribution in [2.24, 2.45) is 5.73 Å². The minimum Gasteiger partial charge on any atom is -0.462 e. The number of hydrogen-bond acceptors (Lipinski definition) is 8. The maximum absolute atomic E-state index is 12.6. The summed E-state index contributed by atoms with van der Waals surface area (Å²) in [5, 5.41) is 0. The lowest BCUT2D eigenvalue weighted by Gasteiger charge is -2.19. The topological polar surface area (TPSA) is 134 Å². The Morgan fingerprint density at radius 1 is 0.588 bits per heavy atom. The van der Waals surface area contributed by atoms with Gasteiger partial charge >= 0.3 is 19.8 Å². The highest BCUT2D eigenvalue weighted by Crippen LogP contribution is 2.43. The van der Waals surface area contributed by atoms with Crippen molar-refractivity contribution >= 4 is 19.8 Å². The van der Waals surface area contributed by atoms with Gasteiger partial charge in [0.15, 0.2) is 6.10 Å². The number of allylic oxidation sites excluding steroid dienone is 4. The quantitative estimate of drug-likeness (QED) is 0.0273. The van der Waals surface area contributed by atoms with E-state index in [1.807, 2.05) is 0 Å². The van der Waals surface area contributed by atoms with Crippen LogP contribution in [0.4, 0.5) is 0 Å². The van der Waals surface area contributed by atoms with E-state index in [1.165, 1.54) is 109 Å². The van der Waals surface area contributed by atoms with E-state index in [-0.39, 0.29) is 38.6 Å². The van der Waals surface area contributed by atoms with Crippen LogP contribution < -0.4 is 5.73 Å². The molecule has 0 radical (unpaired) electrons. The molecule has 0 aromatic rings. The number of phosphoric ester groups is 1. The zero-order valence-electron chi connectivity index (χ0n) is 32.8. The molecule has 0 aromatic heterocycles. The molecule has 0 aliphatic rings. The number of ether oxygens (including phenoxy) is 2. The molecule has 0 saturated carbocycles. The molecule has 0 saturated heterocycles. The number of nitrogens with two attached hydrogens (primary N) is 1. The Hall–Kier alpha value is -1.51. The number of carbonyl (C=O) groups excluding carboxylic acids is 2. The first-order valence-corrected chi connectivity index (χ1v) is 22.3. The van der Waals surface area contributed by atoms with E-state index in [0.29, 0.717) is 6.42 Å². The van der Waals surface area contributed by atoms with Gasteiger partial charge in [-0.3, -0.25) is 18.6 Å². The third kappa shape index (κ3) is 38.0. The van der Waals surface area contributed by atoms with Crippen LogP contribution in [0.2, 0.25) is 0 Å². The zero-order chi connectivity index (χ0) is 37.5. The van der Waals surface area contributed by atoms with E-state index < -0.39 is 26.5 Å². The highest BCUT2D eigenvalue weighted by Gasteiger charge is 2.26. The van der Waals surface area contributed by atoms with Crippen LogP contribution in [0.3, 0.4) is 0 Å². The van der Waals surface area contributed by atoms with Gasteiger partial charge in [-0.2, -0.15) is 0 Å². The zero-order valence-corrected chi connectivity index (χ0v) is 33.7. The van der Waals surface area contributed by atoms with Crippen molar-refractivity contribution < 1.29 is 37.6 Å². The molecule has 0 aromatic carbocycles. The number of rotatable bonds is 39. The standard InChI is InChI=1S/C41H78NO8P/c1-3-5-7-9-11-13-15-17-18-19-20-22-24-26-28-30-32-34-41(44)50-39(38-49-51(45,46)48-36-35-42)37-47-40(43)33-31-29-27-25-23-21-16-14-12-10-8-6-4-2/h11,13,17-18,39H,3-10,12,14-16,19-38,42H2,1-2H3,(H,45,46)/b13-11-,18-17-/t39-/m1/s1. The Kier molecular flexibility index (Phi) is 37.1. The molecule has 0 aliphatic heterocycles. The third-order valence-electron chi connectivity index (χ3n) is 8.84. The van der Waals surface area contributed by atoms with Crippen LogP contribution in [-0.2, 0) is 32.7 Å². The van der Waals surface area contributed by atoms with Gasteiger partial charge in [-0.25, -0.2) is 4.57 Å². The highest BCUT2D eigenvalue weighted by molar-refractivity contribution is 7.47. The van der Waals surface area contributed by atoms with Gasteiger partial charge in [0.25, 0.3) is 0 Å².